The van der Waals surface area contributed by atoms with E-state index in [0.29, 0.717) is 6.92 Å². The van der Waals surface area contributed by atoms with Crippen molar-refractivity contribution in [3.63, 3.8) is 0 Å². The third kappa shape index (κ3) is 3.87. The Balaban J connectivity index is 0.00000289. The van der Waals surface area contributed by atoms with Crippen molar-refractivity contribution in [2.45, 2.75) is 12.0 Å². The second-order valence-corrected chi connectivity index (χ2v) is 7.72. The second-order valence-electron chi connectivity index (χ2n) is 3.32. The summed E-state index contributed by atoms with van der Waals surface area (Å²) in [5.41, 5.74) is 0. The maximum Gasteiger partial charge on any atom is 1.00 e. The van der Waals surface area contributed by atoms with E-state index < -0.39 is 20.3 Å². The van der Waals surface area contributed by atoms with Crippen LogP contribution in [0.2, 0.25) is 0 Å². The minimum absolute atomic E-state index is 0. The summed E-state index contributed by atoms with van der Waals surface area (Å²) in [4.78, 5) is 30.6. The predicted octanol–water partition coefficient (Wildman–Crippen LogP) is -2.51. The number of hydrogen-bond acceptors (Lipinski definition) is 5. The molecule has 0 spiro atoms. The molecule has 4 N–H and O–H groups in total. The van der Waals surface area contributed by atoms with Crippen LogP contribution < -0.4 is 34.1 Å². The van der Waals surface area contributed by atoms with Gasteiger partial charge in [0.05, 0.1) is 6.20 Å². The minimum Gasteiger partial charge on any atom is -0.421 e. The summed E-state index contributed by atoms with van der Waals surface area (Å²) < 4.78 is 27.0. The molecule has 1 heterocycles. The summed E-state index contributed by atoms with van der Waals surface area (Å²) in [6.45, 7) is 0.533. The molecule has 0 fully saturated rings. The number of hydrogen-bond donors (Lipinski definition) is 4. The molecule has 0 aliphatic carbocycles. The van der Waals surface area contributed by atoms with Crippen LogP contribution in [-0.2, 0) is 9.13 Å². The van der Waals surface area contributed by atoms with Gasteiger partial charge < -0.3 is 24.3 Å². The molecule has 96 valence electrons. The molecule has 8 nitrogen and oxygen atoms in total. The standard InChI is InChI=1S/C7H11NO7P2.Na/c1-7(9,16(10,11)12)17(13,14)15-6-3-2-4-8-5-6;/h2-5,9H,1H3,(H,13,14)(H2,10,11,12);/q;+1. The fraction of sp³-hybridized carbons (Fsp3) is 0.286. The van der Waals surface area contributed by atoms with E-state index in [-0.39, 0.29) is 35.3 Å². The number of aliphatic hydroxyl groups is 1. The van der Waals surface area contributed by atoms with Gasteiger partial charge in [-0.1, -0.05) is 0 Å². The van der Waals surface area contributed by atoms with Gasteiger partial charge in [-0.15, -0.1) is 0 Å². The minimum atomic E-state index is -5.23. The second kappa shape index (κ2) is 6.13. The zero-order valence-electron chi connectivity index (χ0n) is 9.66. The van der Waals surface area contributed by atoms with Crippen LogP contribution >= 0.6 is 15.2 Å². The number of pyridine rings is 1. The molecule has 1 aromatic rings. The zero-order valence-corrected chi connectivity index (χ0v) is 13.5. The van der Waals surface area contributed by atoms with Gasteiger partial charge >= 0.3 is 44.7 Å². The summed E-state index contributed by atoms with van der Waals surface area (Å²) in [5, 5.41) is 6.23. The van der Waals surface area contributed by atoms with E-state index in [2.05, 4.69) is 9.51 Å². The molecule has 11 heteroatoms. The summed E-state index contributed by atoms with van der Waals surface area (Å²) in [6, 6.07) is 2.65. The fourth-order valence-electron chi connectivity index (χ4n) is 0.795. The number of aromatic nitrogens is 1. The van der Waals surface area contributed by atoms with Crippen molar-refractivity contribution in [3.8, 4) is 5.75 Å². The Hall–Kier alpha value is 0.250. The van der Waals surface area contributed by atoms with Crippen LogP contribution in [0, 0.1) is 0 Å². The Kier molecular flexibility index (Phi) is 6.22. The van der Waals surface area contributed by atoms with E-state index in [9.17, 15) is 19.1 Å². The average molecular weight is 306 g/mol. The first-order valence-electron chi connectivity index (χ1n) is 4.28. The van der Waals surface area contributed by atoms with Gasteiger partial charge in [0.25, 0.3) is 5.08 Å². The fourth-order valence-corrected chi connectivity index (χ4v) is 2.80. The molecule has 1 rings (SSSR count). The quantitative estimate of drug-likeness (QED) is 0.354. The first-order chi connectivity index (χ1) is 7.58. The van der Waals surface area contributed by atoms with E-state index in [4.69, 9.17) is 9.79 Å². The van der Waals surface area contributed by atoms with E-state index in [1.54, 1.807) is 0 Å². The summed E-state index contributed by atoms with van der Waals surface area (Å²) in [6.07, 6.45) is 2.44. The van der Waals surface area contributed by atoms with Crippen molar-refractivity contribution in [1.82, 2.24) is 4.98 Å². The van der Waals surface area contributed by atoms with Gasteiger partial charge in [-0.3, -0.25) is 9.55 Å². The van der Waals surface area contributed by atoms with Crippen LogP contribution in [0.4, 0.5) is 0 Å². The van der Waals surface area contributed by atoms with Crippen molar-refractivity contribution >= 4 is 15.2 Å². The van der Waals surface area contributed by atoms with E-state index in [1.807, 2.05) is 0 Å². The third-order valence-electron chi connectivity index (χ3n) is 1.95. The van der Waals surface area contributed by atoms with Crippen molar-refractivity contribution < 1.29 is 63.0 Å². The average Bonchev–Trinajstić information content (AvgIpc) is 2.16. The SMILES string of the molecule is CC(O)(P(=O)(O)O)P(=O)(O)Oc1cccnc1.[Na+]. The zero-order chi connectivity index (χ0) is 13.3. The molecule has 0 aliphatic heterocycles. The van der Waals surface area contributed by atoms with Crippen LogP contribution in [0.3, 0.4) is 0 Å². The molecule has 2 unspecified atom stereocenters. The van der Waals surface area contributed by atoms with Gasteiger partial charge in [-0.05, 0) is 19.1 Å². The van der Waals surface area contributed by atoms with E-state index >= 15 is 0 Å². The van der Waals surface area contributed by atoms with Crippen molar-refractivity contribution in [3.05, 3.63) is 24.5 Å². The third-order valence-corrected chi connectivity index (χ3v) is 6.12. The molecule has 1 aromatic heterocycles. The topological polar surface area (TPSA) is 137 Å². The Morgan fingerprint density at radius 2 is 1.89 bits per heavy atom. The molecule has 0 aliphatic rings. The molecule has 0 amide bonds. The van der Waals surface area contributed by atoms with Crippen LogP contribution in [-0.4, -0.2) is 29.9 Å². The Morgan fingerprint density at radius 3 is 2.28 bits per heavy atom. The van der Waals surface area contributed by atoms with Gasteiger partial charge in [0.1, 0.15) is 5.75 Å². The first kappa shape index (κ1) is 18.2. The van der Waals surface area contributed by atoms with Crippen molar-refractivity contribution in [1.29, 1.82) is 0 Å². The summed E-state index contributed by atoms with van der Waals surface area (Å²) in [5.74, 6) is -0.188. The number of nitrogens with zero attached hydrogens (tertiary/aromatic N) is 1. The maximum atomic E-state index is 11.6. The maximum absolute atomic E-state index is 11.6. The van der Waals surface area contributed by atoms with Crippen LogP contribution in [0.1, 0.15) is 6.92 Å². The molecule has 18 heavy (non-hydrogen) atoms. The largest absolute Gasteiger partial charge is 1.00 e. The van der Waals surface area contributed by atoms with Gasteiger partial charge in [-0.2, -0.15) is 0 Å². The molecule has 0 aromatic carbocycles. The van der Waals surface area contributed by atoms with Gasteiger partial charge in [0.2, 0.25) is 0 Å². The smallest absolute Gasteiger partial charge is 0.421 e. The first-order valence-corrected chi connectivity index (χ1v) is 7.47. The van der Waals surface area contributed by atoms with Crippen molar-refractivity contribution in [2.75, 3.05) is 0 Å². The van der Waals surface area contributed by atoms with Gasteiger partial charge in [0.15, 0.2) is 0 Å². The van der Waals surface area contributed by atoms with Gasteiger partial charge in [-0.25, -0.2) is 4.57 Å². The summed E-state index contributed by atoms with van der Waals surface area (Å²) in [7, 11) is -10.2. The molecular weight excluding hydrogens is 295 g/mol. The Morgan fingerprint density at radius 1 is 1.33 bits per heavy atom. The van der Waals surface area contributed by atoms with Gasteiger partial charge in [0, 0.05) is 6.20 Å². The van der Waals surface area contributed by atoms with Crippen LogP contribution in [0.5, 0.6) is 5.75 Å². The molecular formula is C7H11NNaO7P2+. The molecule has 0 radical (unpaired) electrons. The molecule has 0 bridgehead atoms. The molecule has 0 saturated carbocycles. The van der Waals surface area contributed by atoms with Crippen LogP contribution in [0.15, 0.2) is 24.5 Å². The molecule has 0 saturated heterocycles. The number of rotatable bonds is 4. The van der Waals surface area contributed by atoms with E-state index in [1.165, 1.54) is 18.3 Å². The van der Waals surface area contributed by atoms with Crippen LogP contribution in [0.25, 0.3) is 0 Å². The van der Waals surface area contributed by atoms with E-state index in [0.717, 1.165) is 6.20 Å². The summed E-state index contributed by atoms with van der Waals surface area (Å²) >= 11 is 0. The Labute approximate surface area is 125 Å². The van der Waals surface area contributed by atoms with Crippen molar-refractivity contribution in [2.24, 2.45) is 0 Å². The normalized spacial score (nSPS) is 18.1. The molecule has 2 atom stereocenters. The Bertz CT molecular complexity index is 488. The monoisotopic (exact) mass is 306 g/mol. The predicted molar refractivity (Wildman–Crippen MR) is 57.4 cm³/mol.